The fraction of sp³-hybridized carbons (Fsp3) is 0.375. The molecule has 2 heterocycles. The minimum absolute atomic E-state index is 0.0996. The Hall–Kier alpha value is -2.14. The first-order valence-corrected chi connectivity index (χ1v) is 7.23. The summed E-state index contributed by atoms with van der Waals surface area (Å²) >= 11 is 0. The SMILES string of the molecule is Cn1ncc(C(=O)NC[C@H]2CCCO2)c1-c1ccccc1. The maximum absolute atomic E-state index is 12.4. The van der Waals surface area contributed by atoms with E-state index in [0.717, 1.165) is 30.7 Å². The molecule has 2 aromatic rings. The summed E-state index contributed by atoms with van der Waals surface area (Å²) in [6, 6.07) is 9.82. The van der Waals surface area contributed by atoms with Crippen LogP contribution in [-0.2, 0) is 11.8 Å². The molecule has 5 nitrogen and oxygen atoms in total. The highest BCUT2D eigenvalue weighted by atomic mass is 16.5. The first-order chi connectivity index (χ1) is 10.3. The number of amides is 1. The van der Waals surface area contributed by atoms with Gasteiger partial charge in [-0.05, 0) is 12.8 Å². The highest BCUT2D eigenvalue weighted by Gasteiger charge is 2.20. The van der Waals surface area contributed by atoms with Crippen molar-refractivity contribution >= 4 is 5.91 Å². The van der Waals surface area contributed by atoms with Gasteiger partial charge in [-0.1, -0.05) is 30.3 Å². The van der Waals surface area contributed by atoms with E-state index in [2.05, 4.69) is 10.4 Å². The summed E-state index contributed by atoms with van der Waals surface area (Å²) in [6.07, 6.45) is 3.85. The number of aryl methyl sites for hydroxylation is 1. The highest BCUT2D eigenvalue weighted by Crippen LogP contribution is 2.22. The van der Waals surface area contributed by atoms with Crippen LogP contribution in [0.1, 0.15) is 23.2 Å². The third kappa shape index (κ3) is 2.97. The summed E-state index contributed by atoms with van der Waals surface area (Å²) in [7, 11) is 1.85. The number of carbonyl (C=O) groups is 1. The summed E-state index contributed by atoms with van der Waals surface area (Å²) in [6.45, 7) is 1.35. The van der Waals surface area contributed by atoms with Crippen LogP contribution >= 0.6 is 0 Å². The van der Waals surface area contributed by atoms with Gasteiger partial charge in [0.25, 0.3) is 5.91 Å². The molecule has 1 aromatic heterocycles. The fourth-order valence-corrected chi connectivity index (χ4v) is 2.65. The van der Waals surface area contributed by atoms with Crippen molar-refractivity contribution in [2.24, 2.45) is 7.05 Å². The lowest BCUT2D eigenvalue weighted by molar-refractivity contribution is 0.0858. The lowest BCUT2D eigenvalue weighted by Gasteiger charge is -2.11. The molecule has 1 N–H and O–H groups in total. The Bertz CT molecular complexity index is 616. The van der Waals surface area contributed by atoms with Crippen LogP contribution in [-0.4, -0.2) is 34.9 Å². The van der Waals surface area contributed by atoms with Crippen molar-refractivity contribution in [1.82, 2.24) is 15.1 Å². The van der Waals surface area contributed by atoms with E-state index in [1.165, 1.54) is 0 Å². The zero-order valence-corrected chi connectivity index (χ0v) is 12.1. The van der Waals surface area contributed by atoms with Crippen LogP contribution in [0.2, 0.25) is 0 Å². The van der Waals surface area contributed by atoms with E-state index in [4.69, 9.17) is 4.74 Å². The van der Waals surface area contributed by atoms with Crippen LogP contribution < -0.4 is 5.32 Å². The second-order valence-electron chi connectivity index (χ2n) is 5.24. The summed E-state index contributed by atoms with van der Waals surface area (Å²) in [5.74, 6) is -0.0996. The van der Waals surface area contributed by atoms with Crippen molar-refractivity contribution < 1.29 is 9.53 Å². The standard InChI is InChI=1S/C16H19N3O2/c1-19-15(12-6-3-2-4-7-12)14(11-18-19)16(20)17-10-13-8-5-9-21-13/h2-4,6-7,11,13H,5,8-10H2,1H3,(H,17,20)/t13-/m1/s1. The highest BCUT2D eigenvalue weighted by molar-refractivity contribution is 5.99. The maximum Gasteiger partial charge on any atom is 0.255 e. The molecule has 0 saturated carbocycles. The van der Waals surface area contributed by atoms with Gasteiger partial charge < -0.3 is 10.1 Å². The van der Waals surface area contributed by atoms with E-state index in [9.17, 15) is 4.79 Å². The van der Waals surface area contributed by atoms with Gasteiger partial charge in [-0.2, -0.15) is 5.10 Å². The second kappa shape index (κ2) is 6.10. The maximum atomic E-state index is 12.4. The van der Waals surface area contributed by atoms with E-state index >= 15 is 0 Å². The quantitative estimate of drug-likeness (QED) is 0.934. The molecule has 0 radical (unpaired) electrons. The Labute approximate surface area is 123 Å². The van der Waals surface area contributed by atoms with Gasteiger partial charge in [-0.3, -0.25) is 9.48 Å². The minimum atomic E-state index is -0.0996. The third-order valence-electron chi connectivity index (χ3n) is 3.74. The minimum Gasteiger partial charge on any atom is -0.376 e. The van der Waals surface area contributed by atoms with Crippen molar-refractivity contribution in [3.05, 3.63) is 42.1 Å². The summed E-state index contributed by atoms with van der Waals surface area (Å²) in [5.41, 5.74) is 2.42. The van der Waals surface area contributed by atoms with Gasteiger partial charge >= 0.3 is 0 Å². The molecular formula is C16H19N3O2. The van der Waals surface area contributed by atoms with E-state index in [-0.39, 0.29) is 12.0 Å². The average Bonchev–Trinajstić information content (AvgIpc) is 3.15. The van der Waals surface area contributed by atoms with Gasteiger partial charge in [-0.25, -0.2) is 0 Å². The topological polar surface area (TPSA) is 56.2 Å². The average molecular weight is 285 g/mol. The lowest BCUT2D eigenvalue weighted by Crippen LogP contribution is -2.31. The van der Waals surface area contributed by atoms with Crippen molar-refractivity contribution in [2.45, 2.75) is 18.9 Å². The first kappa shape index (κ1) is 13.8. The second-order valence-corrected chi connectivity index (χ2v) is 5.24. The number of nitrogens with zero attached hydrogens (tertiary/aromatic N) is 2. The molecule has 21 heavy (non-hydrogen) atoms. The molecule has 5 heteroatoms. The molecule has 0 spiro atoms. The molecule has 1 saturated heterocycles. The zero-order valence-electron chi connectivity index (χ0n) is 12.1. The van der Waals surface area contributed by atoms with Crippen LogP contribution in [0.4, 0.5) is 0 Å². The van der Waals surface area contributed by atoms with Crippen molar-refractivity contribution in [3.63, 3.8) is 0 Å². The molecule has 1 aliphatic rings. The van der Waals surface area contributed by atoms with Crippen molar-refractivity contribution in [1.29, 1.82) is 0 Å². The normalized spacial score (nSPS) is 17.9. The van der Waals surface area contributed by atoms with Gasteiger partial charge in [0.15, 0.2) is 0 Å². The molecule has 1 amide bonds. The van der Waals surface area contributed by atoms with Gasteiger partial charge in [0.05, 0.1) is 23.6 Å². The van der Waals surface area contributed by atoms with Gasteiger partial charge in [0.1, 0.15) is 0 Å². The molecule has 110 valence electrons. The Kier molecular flexibility index (Phi) is 4.01. The number of ether oxygens (including phenoxy) is 1. The van der Waals surface area contributed by atoms with Crippen LogP contribution in [0.5, 0.6) is 0 Å². The van der Waals surface area contributed by atoms with Crippen molar-refractivity contribution in [3.8, 4) is 11.3 Å². The van der Waals surface area contributed by atoms with Gasteiger partial charge in [0.2, 0.25) is 0 Å². The number of hydrogen-bond donors (Lipinski definition) is 1. The van der Waals surface area contributed by atoms with Crippen LogP contribution in [0, 0.1) is 0 Å². The smallest absolute Gasteiger partial charge is 0.255 e. The number of rotatable bonds is 4. The molecule has 1 aliphatic heterocycles. The molecule has 0 unspecified atom stereocenters. The summed E-state index contributed by atoms with van der Waals surface area (Å²) < 4.78 is 7.26. The lowest BCUT2D eigenvalue weighted by atomic mass is 10.1. The molecule has 1 atom stereocenters. The third-order valence-corrected chi connectivity index (χ3v) is 3.74. The van der Waals surface area contributed by atoms with E-state index < -0.39 is 0 Å². The molecule has 0 bridgehead atoms. The Morgan fingerprint density at radius 3 is 2.95 bits per heavy atom. The number of hydrogen-bond acceptors (Lipinski definition) is 3. The van der Waals surface area contributed by atoms with Crippen molar-refractivity contribution in [2.75, 3.05) is 13.2 Å². The van der Waals surface area contributed by atoms with Crippen LogP contribution in [0.3, 0.4) is 0 Å². The Balaban J connectivity index is 1.77. The number of nitrogens with one attached hydrogen (secondary N) is 1. The van der Waals surface area contributed by atoms with Gasteiger partial charge in [-0.15, -0.1) is 0 Å². The first-order valence-electron chi connectivity index (χ1n) is 7.23. The number of carbonyl (C=O) groups excluding carboxylic acids is 1. The largest absolute Gasteiger partial charge is 0.376 e. The summed E-state index contributed by atoms with van der Waals surface area (Å²) in [4.78, 5) is 12.4. The molecule has 3 rings (SSSR count). The molecule has 1 aromatic carbocycles. The predicted octanol–water partition coefficient (Wildman–Crippen LogP) is 2.00. The monoisotopic (exact) mass is 285 g/mol. The van der Waals surface area contributed by atoms with Gasteiger partial charge in [0, 0.05) is 25.8 Å². The molecular weight excluding hydrogens is 266 g/mol. The van der Waals surface area contributed by atoms with E-state index in [0.29, 0.717) is 12.1 Å². The molecule has 0 aliphatic carbocycles. The molecule has 1 fully saturated rings. The van der Waals surface area contributed by atoms with Crippen LogP contribution in [0.25, 0.3) is 11.3 Å². The number of benzene rings is 1. The Morgan fingerprint density at radius 1 is 1.43 bits per heavy atom. The van der Waals surface area contributed by atoms with E-state index in [1.54, 1.807) is 10.9 Å². The fourth-order valence-electron chi connectivity index (χ4n) is 2.65. The predicted molar refractivity (Wildman–Crippen MR) is 80.0 cm³/mol. The summed E-state index contributed by atoms with van der Waals surface area (Å²) in [5, 5.41) is 7.17. The number of aromatic nitrogens is 2. The van der Waals surface area contributed by atoms with Crippen LogP contribution in [0.15, 0.2) is 36.5 Å². The Morgan fingerprint density at radius 2 is 2.24 bits per heavy atom. The van der Waals surface area contributed by atoms with E-state index in [1.807, 2.05) is 37.4 Å². The zero-order chi connectivity index (χ0) is 14.7.